The summed E-state index contributed by atoms with van der Waals surface area (Å²) >= 11 is 0. The van der Waals surface area contributed by atoms with Gasteiger partial charge in [0.05, 0.1) is 0 Å². The van der Waals surface area contributed by atoms with E-state index < -0.39 is 0 Å². The molecule has 3 aromatic carbocycles. The van der Waals surface area contributed by atoms with Crippen LogP contribution in [0.25, 0.3) is 16.7 Å². The SMILES string of the molecule is O=C(c1ccc(-c2ccccc2)cc1)N1CCC=C(c2ccccc2)C1. The van der Waals surface area contributed by atoms with Crippen LogP contribution in [0.5, 0.6) is 0 Å². The Balaban J connectivity index is 1.50. The van der Waals surface area contributed by atoms with Gasteiger partial charge < -0.3 is 4.90 Å². The minimum absolute atomic E-state index is 0.103. The van der Waals surface area contributed by atoms with Gasteiger partial charge in [0, 0.05) is 18.7 Å². The molecule has 0 saturated carbocycles. The topological polar surface area (TPSA) is 20.3 Å². The van der Waals surface area contributed by atoms with Gasteiger partial charge in [0.15, 0.2) is 0 Å². The molecule has 3 aromatic rings. The van der Waals surface area contributed by atoms with E-state index in [9.17, 15) is 4.79 Å². The lowest BCUT2D eigenvalue weighted by Crippen LogP contribution is -2.35. The number of nitrogens with zero attached hydrogens (tertiary/aromatic N) is 1. The highest BCUT2D eigenvalue weighted by atomic mass is 16.2. The Morgan fingerprint density at radius 1 is 0.692 bits per heavy atom. The average Bonchev–Trinajstić information content (AvgIpc) is 2.75. The maximum absolute atomic E-state index is 12.9. The maximum Gasteiger partial charge on any atom is 0.254 e. The van der Waals surface area contributed by atoms with Crippen LogP contribution in [0.1, 0.15) is 22.3 Å². The quantitative estimate of drug-likeness (QED) is 0.635. The zero-order valence-corrected chi connectivity index (χ0v) is 14.6. The second kappa shape index (κ2) is 7.40. The van der Waals surface area contributed by atoms with Gasteiger partial charge in [-0.25, -0.2) is 0 Å². The highest BCUT2D eigenvalue weighted by molar-refractivity contribution is 5.96. The summed E-state index contributed by atoms with van der Waals surface area (Å²) in [6, 6.07) is 28.5. The van der Waals surface area contributed by atoms with Crippen molar-refractivity contribution in [1.29, 1.82) is 0 Å². The van der Waals surface area contributed by atoms with Gasteiger partial charge in [-0.2, -0.15) is 0 Å². The van der Waals surface area contributed by atoms with Gasteiger partial charge in [-0.3, -0.25) is 4.79 Å². The van der Waals surface area contributed by atoms with Gasteiger partial charge >= 0.3 is 0 Å². The molecule has 0 radical (unpaired) electrons. The van der Waals surface area contributed by atoms with Gasteiger partial charge in [-0.15, -0.1) is 0 Å². The summed E-state index contributed by atoms with van der Waals surface area (Å²) in [6.45, 7) is 1.44. The van der Waals surface area contributed by atoms with Gasteiger partial charge in [-0.1, -0.05) is 78.9 Å². The second-order valence-corrected chi connectivity index (χ2v) is 6.55. The number of carbonyl (C=O) groups excluding carboxylic acids is 1. The van der Waals surface area contributed by atoms with E-state index in [0.717, 1.165) is 24.1 Å². The van der Waals surface area contributed by atoms with Crippen LogP contribution in [-0.2, 0) is 0 Å². The van der Waals surface area contributed by atoms with Crippen LogP contribution < -0.4 is 0 Å². The molecule has 2 nitrogen and oxygen atoms in total. The van der Waals surface area contributed by atoms with Crippen molar-refractivity contribution in [2.75, 3.05) is 13.1 Å². The molecule has 26 heavy (non-hydrogen) atoms. The van der Waals surface area contributed by atoms with Crippen molar-refractivity contribution in [2.24, 2.45) is 0 Å². The molecule has 0 N–H and O–H groups in total. The molecule has 1 aliphatic heterocycles. The molecule has 2 heteroatoms. The van der Waals surface area contributed by atoms with E-state index in [-0.39, 0.29) is 5.91 Å². The standard InChI is InChI=1S/C24H21NO/c26-24(22-15-13-21(14-16-22)19-8-3-1-4-9-19)25-17-7-12-23(18-25)20-10-5-2-6-11-20/h1-6,8-16H,7,17-18H2. The lowest BCUT2D eigenvalue weighted by molar-refractivity contribution is 0.0775. The lowest BCUT2D eigenvalue weighted by atomic mass is 10.00. The van der Waals surface area contributed by atoms with Crippen LogP contribution in [0.15, 0.2) is 91.0 Å². The zero-order valence-electron chi connectivity index (χ0n) is 14.6. The summed E-state index contributed by atoms with van der Waals surface area (Å²) < 4.78 is 0. The fourth-order valence-electron chi connectivity index (χ4n) is 3.40. The smallest absolute Gasteiger partial charge is 0.254 e. The Morgan fingerprint density at radius 3 is 1.92 bits per heavy atom. The molecule has 0 atom stereocenters. The molecule has 0 aromatic heterocycles. The average molecular weight is 339 g/mol. The van der Waals surface area contributed by atoms with Crippen LogP contribution in [0.2, 0.25) is 0 Å². The van der Waals surface area contributed by atoms with E-state index in [1.165, 1.54) is 16.7 Å². The van der Waals surface area contributed by atoms with Crippen LogP contribution in [0.3, 0.4) is 0 Å². The van der Waals surface area contributed by atoms with E-state index in [1.807, 2.05) is 65.6 Å². The summed E-state index contributed by atoms with van der Waals surface area (Å²) in [7, 11) is 0. The predicted octanol–water partition coefficient (Wildman–Crippen LogP) is 5.28. The molecule has 1 heterocycles. The third-order valence-corrected chi connectivity index (χ3v) is 4.82. The summed E-state index contributed by atoms with van der Waals surface area (Å²) in [4.78, 5) is 14.9. The number of amides is 1. The maximum atomic E-state index is 12.9. The van der Waals surface area contributed by atoms with Gasteiger partial charge in [0.25, 0.3) is 5.91 Å². The van der Waals surface area contributed by atoms with Crippen molar-refractivity contribution in [2.45, 2.75) is 6.42 Å². The Morgan fingerprint density at radius 2 is 1.27 bits per heavy atom. The first-order chi connectivity index (χ1) is 12.8. The predicted molar refractivity (Wildman–Crippen MR) is 107 cm³/mol. The molecule has 1 aliphatic rings. The number of benzene rings is 3. The molecule has 0 bridgehead atoms. The number of rotatable bonds is 3. The van der Waals surface area contributed by atoms with E-state index in [4.69, 9.17) is 0 Å². The monoisotopic (exact) mass is 339 g/mol. The second-order valence-electron chi connectivity index (χ2n) is 6.55. The molecule has 0 saturated heterocycles. The van der Waals surface area contributed by atoms with Crippen molar-refractivity contribution in [3.63, 3.8) is 0 Å². The first-order valence-corrected chi connectivity index (χ1v) is 9.00. The Labute approximate surface area is 154 Å². The molecule has 0 spiro atoms. The highest BCUT2D eigenvalue weighted by Gasteiger charge is 2.20. The van der Waals surface area contributed by atoms with Gasteiger partial charge in [-0.05, 0) is 40.8 Å². The van der Waals surface area contributed by atoms with Crippen molar-refractivity contribution in [3.8, 4) is 11.1 Å². The Hall–Kier alpha value is -3.13. The minimum Gasteiger partial charge on any atom is -0.334 e. The normalized spacial score (nSPS) is 14.0. The summed E-state index contributed by atoms with van der Waals surface area (Å²) in [6.07, 6.45) is 3.15. The lowest BCUT2D eigenvalue weighted by Gasteiger charge is -2.28. The van der Waals surface area contributed by atoms with Crippen LogP contribution in [-0.4, -0.2) is 23.9 Å². The molecular formula is C24H21NO. The zero-order chi connectivity index (χ0) is 17.8. The van der Waals surface area contributed by atoms with Crippen LogP contribution in [0, 0.1) is 0 Å². The van der Waals surface area contributed by atoms with Crippen LogP contribution in [0.4, 0.5) is 0 Å². The first-order valence-electron chi connectivity index (χ1n) is 9.00. The van der Waals surface area contributed by atoms with E-state index in [1.54, 1.807) is 0 Å². The number of carbonyl (C=O) groups is 1. The summed E-state index contributed by atoms with van der Waals surface area (Å²) in [5, 5.41) is 0. The molecular weight excluding hydrogens is 318 g/mol. The Bertz CT molecular complexity index is 911. The first kappa shape index (κ1) is 16.3. The fraction of sp³-hybridized carbons (Fsp3) is 0.125. The molecule has 0 aliphatic carbocycles. The third kappa shape index (κ3) is 3.45. The van der Waals surface area contributed by atoms with Crippen molar-refractivity contribution in [1.82, 2.24) is 4.90 Å². The van der Waals surface area contributed by atoms with E-state index >= 15 is 0 Å². The minimum atomic E-state index is 0.103. The van der Waals surface area contributed by atoms with Crippen molar-refractivity contribution >= 4 is 11.5 Å². The highest BCUT2D eigenvalue weighted by Crippen LogP contribution is 2.23. The van der Waals surface area contributed by atoms with Crippen molar-refractivity contribution < 1.29 is 4.79 Å². The molecule has 4 rings (SSSR count). The third-order valence-electron chi connectivity index (χ3n) is 4.82. The molecule has 0 fully saturated rings. The number of hydrogen-bond acceptors (Lipinski definition) is 1. The molecule has 128 valence electrons. The largest absolute Gasteiger partial charge is 0.334 e. The summed E-state index contributed by atoms with van der Waals surface area (Å²) in [5.41, 5.74) is 5.47. The number of hydrogen-bond donors (Lipinski definition) is 0. The summed E-state index contributed by atoms with van der Waals surface area (Å²) in [5.74, 6) is 0.103. The van der Waals surface area contributed by atoms with E-state index in [2.05, 4.69) is 30.3 Å². The molecule has 1 amide bonds. The van der Waals surface area contributed by atoms with Crippen molar-refractivity contribution in [3.05, 3.63) is 102 Å². The van der Waals surface area contributed by atoms with Gasteiger partial charge in [0.1, 0.15) is 0 Å². The van der Waals surface area contributed by atoms with Gasteiger partial charge in [0.2, 0.25) is 0 Å². The van der Waals surface area contributed by atoms with Crippen LogP contribution >= 0.6 is 0 Å². The fourth-order valence-corrected chi connectivity index (χ4v) is 3.40. The Kier molecular flexibility index (Phi) is 4.65. The van der Waals surface area contributed by atoms with E-state index in [0.29, 0.717) is 6.54 Å². The molecule has 0 unspecified atom stereocenters.